The van der Waals surface area contributed by atoms with Gasteiger partial charge in [-0.2, -0.15) is 0 Å². The van der Waals surface area contributed by atoms with Crippen molar-refractivity contribution in [1.29, 1.82) is 0 Å². The number of benzene rings is 1. The van der Waals surface area contributed by atoms with Gasteiger partial charge in [0.25, 0.3) is 0 Å². The molecule has 0 saturated heterocycles. The maximum absolute atomic E-state index is 12.8. The lowest BCUT2D eigenvalue weighted by Crippen LogP contribution is -2.54. The highest BCUT2D eigenvalue weighted by Crippen LogP contribution is 2.12. The van der Waals surface area contributed by atoms with Gasteiger partial charge in [0, 0.05) is 13.0 Å². The number of guanidine groups is 1. The van der Waals surface area contributed by atoms with E-state index >= 15 is 0 Å². The van der Waals surface area contributed by atoms with E-state index < -0.39 is 42.3 Å². The fourth-order valence-corrected chi connectivity index (χ4v) is 2.61. The van der Waals surface area contributed by atoms with Crippen LogP contribution in [0.3, 0.4) is 0 Å². The number of carbonyl (C=O) groups excluding carboxylic acids is 3. The van der Waals surface area contributed by atoms with Gasteiger partial charge in [0.2, 0.25) is 17.7 Å². The second kappa shape index (κ2) is 13.4. The number of hydrogen-bond donors (Lipinski definition) is 8. The van der Waals surface area contributed by atoms with Crippen LogP contribution in [0.25, 0.3) is 0 Å². The number of nitrogens with one attached hydrogen (secondary N) is 3. The molecule has 0 radical (unpaired) electrons. The van der Waals surface area contributed by atoms with Gasteiger partial charge in [-0.25, -0.2) is 4.79 Å². The SMILES string of the molecule is NCC(=O)NCC(=O)N[C@@H](Cc1ccc(O)cc1)C(=O)N[C@H](CCCN=C(N)N)C(=O)O. The van der Waals surface area contributed by atoms with E-state index in [1.165, 1.54) is 12.1 Å². The number of phenolic OH excluding ortho intramolecular Hbond substituents is 1. The number of aliphatic imine (C=N–C) groups is 1. The van der Waals surface area contributed by atoms with E-state index in [1.54, 1.807) is 12.1 Å². The van der Waals surface area contributed by atoms with Gasteiger partial charge in [-0.05, 0) is 30.5 Å². The molecule has 0 fully saturated rings. The van der Waals surface area contributed by atoms with E-state index in [4.69, 9.17) is 17.2 Å². The van der Waals surface area contributed by atoms with Crippen LogP contribution in [0.15, 0.2) is 29.3 Å². The van der Waals surface area contributed by atoms with Crippen LogP contribution < -0.4 is 33.2 Å². The van der Waals surface area contributed by atoms with Crippen molar-refractivity contribution < 1.29 is 29.4 Å². The number of carboxylic acids is 1. The predicted molar refractivity (Wildman–Crippen MR) is 115 cm³/mol. The van der Waals surface area contributed by atoms with Crippen LogP contribution in [0.4, 0.5) is 0 Å². The maximum Gasteiger partial charge on any atom is 0.326 e. The molecule has 0 saturated carbocycles. The van der Waals surface area contributed by atoms with Gasteiger partial charge >= 0.3 is 5.97 Å². The molecule has 0 unspecified atom stereocenters. The van der Waals surface area contributed by atoms with Gasteiger partial charge in [-0.3, -0.25) is 19.4 Å². The molecule has 1 aromatic rings. The summed E-state index contributed by atoms with van der Waals surface area (Å²) in [6, 6.07) is 3.58. The summed E-state index contributed by atoms with van der Waals surface area (Å²) in [6.45, 7) is -0.516. The van der Waals surface area contributed by atoms with Crippen molar-refractivity contribution in [3.8, 4) is 5.75 Å². The lowest BCUT2D eigenvalue weighted by atomic mass is 10.0. The average Bonchev–Trinajstić information content (AvgIpc) is 2.74. The number of rotatable bonds is 13. The Morgan fingerprint density at radius 2 is 1.66 bits per heavy atom. The highest BCUT2D eigenvalue weighted by Gasteiger charge is 2.26. The standard InChI is InChI=1S/C19H29N7O6/c20-9-15(28)24-10-16(29)25-14(8-11-3-5-12(27)6-4-11)17(30)26-13(18(31)32)2-1-7-23-19(21)22/h3-6,13-14,27H,1-2,7-10,20H2,(H,24,28)(H,25,29)(H,26,30)(H,31,32)(H4,21,22,23)/t13-,14+/m1/s1. The topological polar surface area (TPSA) is 235 Å². The summed E-state index contributed by atoms with van der Waals surface area (Å²) in [5.41, 5.74) is 16.2. The van der Waals surface area contributed by atoms with Crippen LogP contribution in [0.2, 0.25) is 0 Å². The van der Waals surface area contributed by atoms with Gasteiger partial charge in [0.15, 0.2) is 5.96 Å². The van der Waals surface area contributed by atoms with E-state index in [0.717, 1.165) is 0 Å². The Hall–Kier alpha value is -3.87. The minimum atomic E-state index is -1.26. The molecule has 2 atom stereocenters. The molecule has 176 valence electrons. The molecular formula is C19H29N7O6. The number of aromatic hydroxyl groups is 1. The van der Waals surface area contributed by atoms with E-state index in [-0.39, 0.29) is 37.6 Å². The van der Waals surface area contributed by atoms with Gasteiger partial charge in [0.1, 0.15) is 17.8 Å². The minimum Gasteiger partial charge on any atom is -0.508 e. The first-order valence-electron chi connectivity index (χ1n) is 9.75. The average molecular weight is 451 g/mol. The summed E-state index contributed by atoms with van der Waals surface area (Å²) in [5.74, 6) is -3.30. The van der Waals surface area contributed by atoms with Crippen LogP contribution >= 0.6 is 0 Å². The van der Waals surface area contributed by atoms with Crippen molar-refractivity contribution in [3.05, 3.63) is 29.8 Å². The zero-order valence-corrected chi connectivity index (χ0v) is 17.4. The Balaban J connectivity index is 2.86. The molecule has 11 N–H and O–H groups in total. The number of hydrogen-bond acceptors (Lipinski definition) is 7. The van der Waals surface area contributed by atoms with E-state index in [9.17, 15) is 29.4 Å². The number of phenols is 1. The van der Waals surface area contributed by atoms with E-state index in [0.29, 0.717) is 12.0 Å². The fraction of sp³-hybridized carbons (Fsp3) is 0.421. The molecule has 0 aliphatic rings. The van der Waals surface area contributed by atoms with Gasteiger partial charge in [0.05, 0.1) is 13.1 Å². The lowest BCUT2D eigenvalue weighted by molar-refractivity contribution is -0.142. The minimum absolute atomic E-state index is 0.0169. The molecule has 1 aromatic carbocycles. The van der Waals surface area contributed by atoms with E-state index in [1.807, 2.05) is 0 Å². The summed E-state index contributed by atoms with van der Waals surface area (Å²) in [4.78, 5) is 51.5. The molecule has 0 bridgehead atoms. The summed E-state index contributed by atoms with van der Waals surface area (Å²) < 4.78 is 0. The summed E-state index contributed by atoms with van der Waals surface area (Å²) in [5, 5.41) is 26.0. The number of nitrogens with two attached hydrogens (primary N) is 3. The molecule has 0 aliphatic heterocycles. The molecular weight excluding hydrogens is 422 g/mol. The Morgan fingerprint density at radius 3 is 2.22 bits per heavy atom. The van der Waals surface area contributed by atoms with Crippen molar-refractivity contribution in [2.24, 2.45) is 22.2 Å². The highest BCUT2D eigenvalue weighted by molar-refractivity contribution is 5.92. The first-order chi connectivity index (χ1) is 15.1. The van der Waals surface area contributed by atoms with Gasteiger partial charge in [-0.1, -0.05) is 12.1 Å². The van der Waals surface area contributed by atoms with Crippen molar-refractivity contribution in [3.63, 3.8) is 0 Å². The fourth-order valence-electron chi connectivity index (χ4n) is 2.61. The quantitative estimate of drug-likeness (QED) is 0.0871. The Labute approximate surface area is 184 Å². The van der Waals surface area contributed by atoms with Gasteiger partial charge < -0.3 is 43.4 Å². The summed E-state index contributed by atoms with van der Waals surface area (Å²) >= 11 is 0. The smallest absolute Gasteiger partial charge is 0.326 e. The summed E-state index contributed by atoms with van der Waals surface area (Å²) in [7, 11) is 0. The number of carboxylic acid groups (broad SMARTS) is 1. The molecule has 0 heterocycles. The normalized spacial score (nSPS) is 12.2. The van der Waals surface area contributed by atoms with Crippen LogP contribution in [0.5, 0.6) is 5.75 Å². The third-order valence-corrected chi connectivity index (χ3v) is 4.22. The van der Waals surface area contributed by atoms with Crippen molar-refractivity contribution in [1.82, 2.24) is 16.0 Å². The molecule has 0 aromatic heterocycles. The predicted octanol–water partition coefficient (Wildman–Crippen LogP) is -2.88. The second-order valence-electron chi connectivity index (χ2n) is 6.82. The Bertz CT molecular complexity index is 824. The number of amides is 3. The molecule has 13 heteroatoms. The molecule has 1 rings (SSSR count). The maximum atomic E-state index is 12.8. The third-order valence-electron chi connectivity index (χ3n) is 4.22. The van der Waals surface area contributed by atoms with Crippen molar-refractivity contribution >= 4 is 29.7 Å². The molecule has 0 aliphatic carbocycles. The summed E-state index contributed by atoms with van der Waals surface area (Å²) in [6.07, 6.45) is 0.378. The van der Waals surface area contributed by atoms with Crippen molar-refractivity contribution in [2.75, 3.05) is 19.6 Å². The lowest BCUT2D eigenvalue weighted by Gasteiger charge is -2.22. The Kier molecular flexibility index (Phi) is 11.0. The van der Waals surface area contributed by atoms with Crippen LogP contribution in [-0.2, 0) is 25.6 Å². The molecule has 0 spiro atoms. The first kappa shape index (κ1) is 26.2. The van der Waals surface area contributed by atoms with Crippen LogP contribution in [0, 0.1) is 0 Å². The van der Waals surface area contributed by atoms with Crippen LogP contribution in [0.1, 0.15) is 18.4 Å². The van der Waals surface area contributed by atoms with E-state index in [2.05, 4.69) is 20.9 Å². The molecule has 3 amide bonds. The zero-order valence-electron chi connectivity index (χ0n) is 17.4. The van der Waals surface area contributed by atoms with Gasteiger partial charge in [-0.15, -0.1) is 0 Å². The number of nitrogens with zero attached hydrogens (tertiary/aromatic N) is 1. The second-order valence-corrected chi connectivity index (χ2v) is 6.82. The highest BCUT2D eigenvalue weighted by atomic mass is 16.4. The largest absolute Gasteiger partial charge is 0.508 e. The monoisotopic (exact) mass is 451 g/mol. The molecule has 13 nitrogen and oxygen atoms in total. The Morgan fingerprint density at radius 1 is 1.00 bits per heavy atom. The zero-order chi connectivity index (χ0) is 24.1. The number of aliphatic carboxylic acids is 1. The van der Waals surface area contributed by atoms with Crippen LogP contribution in [-0.4, -0.2) is 71.6 Å². The van der Waals surface area contributed by atoms with Crippen molar-refractivity contribution in [2.45, 2.75) is 31.3 Å². The third kappa shape index (κ3) is 10.2. The first-order valence-corrected chi connectivity index (χ1v) is 9.75. The molecule has 32 heavy (non-hydrogen) atoms. The number of carbonyl (C=O) groups is 4.